The van der Waals surface area contributed by atoms with Gasteiger partial charge in [0, 0.05) is 9.75 Å². The average molecular weight is 258 g/mol. The lowest BCUT2D eigenvalue weighted by Gasteiger charge is -2.08. The fourth-order valence-electron chi connectivity index (χ4n) is 2.26. The van der Waals surface area contributed by atoms with Gasteiger partial charge in [-0.25, -0.2) is 0 Å². The highest BCUT2D eigenvalue weighted by molar-refractivity contribution is 7.15. The largest absolute Gasteiger partial charge is 0.140 e. The molecular weight excluding hydrogens is 236 g/mol. The zero-order chi connectivity index (χ0) is 13.3. The van der Waals surface area contributed by atoms with Crippen LogP contribution in [0.25, 0.3) is 10.4 Å². The Labute approximate surface area is 115 Å². The van der Waals surface area contributed by atoms with Crippen LogP contribution < -0.4 is 0 Å². The standard InChI is InChI=1S/C17H22S/c1-11(2)15-10-16(18-17(15)12(3)4)14-8-6-7-13(5)9-14/h6-12H,1-5H3. The van der Waals surface area contributed by atoms with E-state index in [2.05, 4.69) is 65.0 Å². The first kappa shape index (κ1) is 13.4. The Bertz CT molecular complexity index is 507. The molecule has 0 fully saturated rings. The Hall–Kier alpha value is -1.08. The topological polar surface area (TPSA) is 0 Å². The third-order valence-corrected chi connectivity index (χ3v) is 4.74. The Morgan fingerprint density at radius 2 is 1.67 bits per heavy atom. The summed E-state index contributed by atoms with van der Waals surface area (Å²) < 4.78 is 0. The molecule has 2 rings (SSSR count). The Balaban J connectivity index is 2.50. The van der Waals surface area contributed by atoms with Crippen LogP contribution in [-0.4, -0.2) is 0 Å². The van der Waals surface area contributed by atoms with E-state index >= 15 is 0 Å². The third-order valence-electron chi connectivity index (χ3n) is 3.24. The van der Waals surface area contributed by atoms with Crippen LogP contribution in [0.4, 0.5) is 0 Å². The molecule has 0 aliphatic heterocycles. The van der Waals surface area contributed by atoms with Crippen molar-refractivity contribution in [2.24, 2.45) is 0 Å². The second-order valence-corrected chi connectivity index (χ2v) is 6.69. The summed E-state index contributed by atoms with van der Waals surface area (Å²) in [7, 11) is 0. The molecule has 0 N–H and O–H groups in total. The minimum atomic E-state index is 0.609. The summed E-state index contributed by atoms with van der Waals surface area (Å²) in [5.74, 6) is 1.23. The minimum Gasteiger partial charge on any atom is -0.140 e. The van der Waals surface area contributed by atoms with Gasteiger partial charge in [0.2, 0.25) is 0 Å². The summed E-state index contributed by atoms with van der Waals surface area (Å²) in [5.41, 5.74) is 4.21. The molecule has 0 aliphatic carbocycles. The lowest BCUT2D eigenvalue weighted by molar-refractivity contribution is 0.810. The first-order valence-electron chi connectivity index (χ1n) is 6.69. The molecule has 2 aromatic rings. The summed E-state index contributed by atoms with van der Waals surface area (Å²) in [6.07, 6.45) is 0. The van der Waals surface area contributed by atoms with Crippen LogP contribution in [0.3, 0.4) is 0 Å². The zero-order valence-electron chi connectivity index (χ0n) is 11.9. The van der Waals surface area contributed by atoms with Gasteiger partial charge in [0.15, 0.2) is 0 Å². The molecule has 0 unspecified atom stereocenters. The Morgan fingerprint density at radius 1 is 0.944 bits per heavy atom. The maximum atomic E-state index is 2.39. The summed E-state index contributed by atoms with van der Waals surface area (Å²) >= 11 is 1.96. The molecule has 0 amide bonds. The van der Waals surface area contributed by atoms with Gasteiger partial charge in [0.05, 0.1) is 0 Å². The maximum Gasteiger partial charge on any atom is 0.0348 e. The van der Waals surface area contributed by atoms with Crippen LogP contribution in [0, 0.1) is 6.92 Å². The molecule has 0 saturated heterocycles. The number of thiophene rings is 1. The van der Waals surface area contributed by atoms with E-state index in [9.17, 15) is 0 Å². The van der Waals surface area contributed by atoms with E-state index in [-0.39, 0.29) is 0 Å². The van der Waals surface area contributed by atoms with Crippen LogP contribution in [0.5, 0.6) is 0 Å². The predicted octanol–water partition coefficient (Wildman–Crippen LogP) is 5.97. The second-order valence-electron chi connectivity index (χ2n) is 5.61. The average Bonchev–Trinajstić information content (AvgIpc) is 2.73. The molecular formula is C17H22S. The predicted molar refractivity (Wildman–Crippen MR) is 82.7 cm³/mol. The van der Waals surface area contributed by atoms with E-state index < -0.39 is 0 Å². The fourth-order valence-corrected chi connectivity index (χ4v) is 3.58. The van der Waals surface area contributed by atoms with E-state index in [0.29, 0.717) is 11.8 Å². The molecule has 0 aliphatic rings. The van der Waals surface area contributed by atoms with Gasteiger partial charge < -0.3 is 0 Å². The van der Waals surface area contributed by atoms with Crippen molar-refractivity contribution in [3.8, 4) is 10.4 Å². The lowest BCUT2D eigenvalue weighted by atomic mass is 9.98. The van der Waals surface area contributed by atoms with E-state index in [4.69, 9.17) is 0 Å². The van der Waals surface area contributed by atoms with Crippen molar-refractivity contribution >= 4 is 11.3 Å². The maximum absolute atomic E-state index is 2.39. The summed E-state index contributed by atoms with van der Waals surface area (Å²) in [6, 6.07) is 11.2. The normalized spacial score (nSPS) is 11.5. The molecule has 0 bridgehead atoms. The minimum absolute atomic E-state index is 0.609. The summed E-state index contributed by atoms with van der Waals surface area (Å²) in [4.78, 5) is 2.95. The molecule has 0 atom stereocenters. The van der Waals surface area contributed by atoms with Crippen molar-refractivity contribution in [1.29, 1.82) is 0 Å². The number of hydrogen-bond donors (Lipinski definition) is 0. The molecule has 0 spiro atoms. The molecule has 0 radical (unpaired) electrons. The number of hydrogen-bond acceptors (Lipinski definition) is 1. The van der Waals surface area contributed by atoms with Crippen molar-refractivity contribution < 1.29 is 0 Å². The second kappa shape index (κ2) is 5.27. The van der Waals surface area contributed by atoms with Gasteiger partial charge in [-0.2, -0.15) is 0 Å². The highest BCUT2D eigenvalue weighted by Crippen LogP contribution is 2.39. The highest BCUT2D eigenvalue weighted by atomic mass is 32.1. The van der Waals surface area contributed by atoms with E-state index in [1.165, 1.54) is 21.6 Å². The molecule has 0 saturated carbocycles. The summed E-state index contributed by atoms with van der Waals surface area (Å²) in [6.45, 7) is 11.3. The van der Waals surface area contributed by atoms with Gasteiger partial charge in [-0.3, -0.25) is 0 Å². The smallest absolute Gasteiger partial charge is 0.0348 e. The van der Waals surface area contributed by atoms with Gasteiger partial charge in [0.1, 0.15) is 0 Å². The zero-order valence-corrected chi connectivity index (χ0v) is 12.8. The van der Waals surface area contributed by atoms with Crippen LogP contribution in [0.1, 0.15) is 55.5 Å². The molecule has 1 aromatic heterocycles. The monoisotopic (exact) mass is 258 g/mol. The number of aryl methyl sites for hydroxylation is 1. The summed E-state index contributed by atoms with van der Waals surface area (Å²) in [5, 5.41) is 0. The molecule has 1 heterocycles. The lowest BCUT2D eigenvalue weighted by Crippen LogP contribution is -1.91. The van der Waals surface area contributed by atoms with Crippen molar-refractivity contribution in [1.82, 2.24) is 0 Å². The van der Waals surface area contributed by atoms with E-state index in [1.807, 2.05) is 11.3 Å². The molecule has 0 nitrogen and oxygen atoms in total. The van der Waals surface area contributed by atoms with Crippen molar-refractivity contribution in [2.45, 2.75) is 46.5 Å². The van der Waals surface area contributed by atoms with Crippen LogP contribution in [-0.2, 0) is 0 Å². The van der Waals surface area contributed by atoms with Gasteiger partial charge in [-0.05, 0) is 36.0 Å². The van der Waals surface area contributed by atoms with Crippen LogP contribution >= 0.6 is 11.3 Å². The molecule has 96 valence electrons. The van der Waals surface area contributed by atoms with Crippen molar-refractivity contribution in [2.75, 3.05) is 0 Å². The van der Waals surface area contributed by atoms with E-state index in [1.54, 1.807) is 4.88 Å². The number of benzene rings is 1. The van der Waals surface area contributed by atoms with Crippen molar-refractivity contribution in [3.05, 3.63) is 46.3 Å². The molecule has 1 aromatic carbocycles. The highest BCUT2D eigenvalue weighted by Gasteiger charge is 2.15. The molecule has 1 heteroatoms. The Morgan fingerprint density at radius 3 is 2.17 bits per heavy atom. The quantitative estimate of drug-likeness (QED) is 0.636. The SMILES string of the molecule is Cc1cccc(-c2cc(C(C)C)c(C(C)C)s2)c1. The van der Waals surface area contributed by atoms with Gasteiger partial charge >= 0.3 is 0 Å². The van der Waals surface area contributed by atoms with Crippen molar-refractivity contribution in [3.63, 3.8) is 0 Å². The Kier molecular flexibility index (Phi) is 3.91. The van der Waals surface area contributed by atoms with Crippen LogP contribution in [0.2, 0.25) is 0 Å². The van der Waals surface area contributed by atoms with E-state index in [0.717, 1.165) is 0 Å². The molecule has 18 heavy (non-hydrogen) atoms. The van der Waals surface area contributed by atoms with Gasteiger partial charge in [-0.15, -0.1) is 11.3 Å². The van der Waals surface area contributed by atoms with Gasteiger partial charge in [-0.1, -0.05) is 57.5 Å². The third kappa shape index (κ3) is 2.67. The first-order valence-corrected chi connectivity index (χ1v) is 7.51. The first-order chi connectivity index (χ1) is 8.49. The van der Waals surface area contributed by atoms with Crippen LogP contribution in [0.15, 0.2) is 30.3 Å². The number of rotatable bonds is 3. The fraction of sp³-hybridized carbons (Fsp3) is 0.412. The van der Waals surface area contributed by atoms with Gasteiger partial charge in [0.25, 0.3) is 0 Å².